The lowest BCUT2D eigenvalue weighted by molar-refractivity contribution is -0.131. The lowest BCUT2D eigenvalue weighted by atomic mass is 9.85. The van der Waals surface area contributed by atoms with Crippen LogP contribution in [0.25, 0.3) is 0 Å². The van der Waals surface area contributed by atoms with Gasteiger partial charge in [0.1, 0.15) is 5.76 Å². The fraction of sp³-hybridized carbons (Fsp3) is 0.727. The first-order chi connectivity index (χ1) is 7.85. The van der Waals surface area contributed by atoms with E-state index >= 15 is 0 Å². The molecule has 3 atom stereocenters. The molecule has 0 aliphatic heterocycles. The number of aromatic nitrogens is 1. The molecule has 1 aromatic heterocycles. The molecular formula is C11H18N2O3. The maximum absolute atomic E-state index is 5.55. The third-order valence-corrected chi connectivity index (χ3v) is 2.93. The van der Waals surface area contributed by atoms with Crippen molar-refractivity contribution in [3.05, 3.63) is 18.0 Å². The molecule has 0 saturated heterocycles. The van der Waals surface area contributed by atoms with Crippen LogP contribution in [0.5, 0.6) is 0 Å². The Morgan fingerprint density at radius 3 is 3.12 bits per heavy atom. The molecule has 0 radical (unpaired) electrons. The van der Waals surface area contributed by atoms with Crippen molar-refractivity contribution < 1.29 is 14.0 Å². The molecule has 1 saturated carbocycles. The summed E-state index contributed by atoms with van der Waals surface area (Å²) in [5.41, 5.74) is 0. The second-order valence-corrected chi connectivity index (χ2v) is 3.90. The van der Waals surface area contributed by atoms with E-state index in [1.807, 2.05) is 13.0 Å². The summed E-state index contributed by atoms with van der Waals surface area (Å²) in [5.74, 6) is 0.842. The van der Waals surface area contributed by atoms with E-state index in [2.05, 4.69) is 10.5 Å². The first kappa shape index (κ1) is 11.6. The Labute approximate surface area is 95.1 Å². The van der Waals surface area contributed by atoms with Gasteiger partial charge in [0, 0.05) is 25.8 Å². The van der Waals surface area contributed by atoms with Crippen LogP contribution in [0.2, 0.25) is 0 Å². The van der Waals surface area contributed by atoms with Crippen LogP contribution in [0.4, 0.5) is 0 Å². The van der Waals surface area contributed by atoms with Gasteiger partial charge in [-0.2, -0.15) is 0 Å². The Kier molecular flexibility index (Phi) is 3.93. The first-order valence-corrected chi connectivity index (χ1v) is 5.62. The van der Waals surface area contributed by atoms with Gasteiger partial charge in [0.15, 0.2) is 0 Å². The van der Waals surface area contributed by atoms with Gasteiger partial charge in [-0.3, -0.25) is 0 Å². The molecule has 0 aromatic carbocycles. The van der Waals surface area contributed by atoms with Gasteiger partial charge in [-0.25, -0.2) is 0 Å². The highest BCUT2D eigenvalue weighted by molar-refractivity contribution is 4.99. The lowest BCUT2D eigenvalue weighted by Gasteiger charge is -2.43. The lowest BCUT2D eigenvalue weighted by Crippen LogP contribution is -2.59. The Balaban J connectivity index is 1.75. The second kappa shape index (κ2) is 5.43. The quantitative estimate of drug-likeness (QED) is 0.783. The summed E-state index contributed by atoms with van der Waals surface area (Å²) in [5, 5.41) is 7.03. The van der Waals surface area contributed by atoms with Crippen LogP contribution < -0.4 is 5.32 Å². The highest BCUT2D eigenvalue weighted by Gasteiger charge is 2.41. The van der Waals surface area contributed by atoms with Crippen molar-refractivity contribution in [2.24, 2.45) is 0 Å². The fourth-order valence-corrected chi connectivity index (χ4v) is 2.04. The highest BCUT2D eigenvalue weighted by Crippen LogP contribution is 2.27. The van der Waals surface area contributed by atoms with Crippen molar-refractivity contribution in [2.45, 2.75) is 38.1 Å². The maximum Gasteiger partial charge on any atom is 0.150 e. The van der Waals surface area contributed by atoms with Crippen molar-refractivity contribution in [3.63, 3.8) is 0 Å². The van der Waals surface area contributed by atoms with Crippen LogP contribution in [0.15, 0.2) is 16.8 Å². The van der Waals surface area contributed by atoms with Gasteiger partial charge in [0.25, 0.3) is 0 Å². The van der Waals surface area contributed by atoms with Crippen LogP contribution in [-0.2, 0) is 16.0 Å². The largest absolute Gasteiger partial charge is 0.377 e. The van der Waals surface area contributed by atoms with Crippen LogP contribution in [0.3, 0.4) is 0 Å². The molecule has 1 fully saturated rings. The minimum absolute atomic E-state index is 0.142. The molecule has 1 aliphatic rings. The molecule has 90 valence electrons. The summed E-state index contributed by atoms with van der Waals surface area (Å²) in [6.07, 6.45) is 3.00. The summed E-state index contributed by atoms with van der Waals surface area (Å²) >= 11 is 0. The summed E-state index contributed by atoms with van der Waals surface area (Å²) < 4.78 is 16.0. The van der Waals surface area contributed by atoms with E-state index in [0.717, 1.165) is 18.8 Å². The van der Waals surface area contributed by atoms with Gasteiger partial charge >= 0.3 is 0 Å². The smallest absolute Gasteiger partial charge is 0.150 e. The molecule has 1 heterocycles. The third kappa shape index (κ3) is 2.42. The van der Waals surface area contributed by atoms with E-state index in [4.69, 9.17) is 14.0 Å². The fourth-order valence-electron chi connectivity index (χ4n) is 2.04. The zero-order chi connectivity index (χ0) is 11.4. The van der Waals surface area contributed by atoms with Gasteiger partial charge in [-0.05, 0) is 13.3 Å². The molecule has 0 amide bonds. The van der Waals surface area contributed by atoms with Crippen molar-refractivity contribution in [3.8, 4) is 0 Å². The predicted molar refractivity (Wildman–Crippen MR) is 58.0 cm³/mol. The van der Waals surface area contributed by atoms with E-state index in [1.165, 1.54) is 0 Å². The molecule has 16 heavy (non-hydrogen) atoms. The van der Waals surface area contributed by atoms with E-state index in [1.54, 1.807) is 13.3 Å². The molecule has 1 aliphatic carbocycles. The zero-order valence-electron chi connectivity index (χ0n) is 9.68. The van der Waals surface area contributed by atoms with E-state index < -0.39 is 0 Å². The normalized spacial score (nSPS) is 29.0. The summed E-state index contributed by atoms with van der Waals surface area (Å²) in [6, 6.07) is 2.19. The summed E-state index contributed by atoms with van der Waals surface area (Å²) in [7, 11) is 1.72. The molecular weight excluding hydrogens is 208 g/mol. The summed E-state index contributed by atoms with van der Waals surface area (Å²) in [6.45, 7) is 3.42. The van der Waals surface area contributed by atoms with Crippen molar-refractivity contribution in [1.82, 2.24) is 10.5 Å². The zero-order valence-corrected chi connectivity index (χ0v) is 9.68. The summed E-state index contributed by atoms with van der Waals surface area (Å²) in [4.78, 5) is 0. The monoisotopic (exact) mass is 226 g/mol. The number of nitrogens with zero attached hydrogens (tertiary/aromatic N) is 1. The van der Waals surface area contributed by atoms with E-state index in [0.29, 0.717) is 12.6 Å². The highest BCUT2D eigenvalue weighted by atomic mass is 16.5. The van der Waals surface area contributed by atoms with Crippen LogP contribution in [0.1, 0.15) is 19.1 Å². The Bertz CT molecular complexity index is 302. The van der Waals surface area contributed by atoms with Gasteiger partial charge < -0.3 is 19.3 Å². The number of hydrogen-bond acceptors (Lipinski definition) is 5. The number of methoxy groups -OCH3 is 1. The van der Waals surface area contributed by atoms with Gasteiger partial charge in [0.05, 0.1) is 24.9 Å². The maximum atomic E-state index is 5.55. The average molecular weight is 226 g/mol. The van der Waals surface area contributed by atoms with Crippen molar-refractivity contribution in [1.29, 1.82) is 0 Å². The number of hydrogen-bond donors (Lipinski definition) is 1. The topological polar surface area (TPSA) is 56.5 Å². The number of ether oxygens (including phenoxy) is 2. The molecule has 0 bridgehead atoms. The minimum atomic E-state index is 0.142. The Morgan fingerprint density at radius 1 is 1.62 bits per heavy atom. The Morgan fingerprint density at radius 2 is 2.50 bits per heavy atom. The Hall–Kier alpha value is -0.910. The van der Waals surface area contributed by atoms with Crippen LogP contribution >= 0.6 is 0 Å². The average Bonchev–Trinajstić information content (AvgIpc) is 2.75. The molecule has 0 spiro atoms. The minimum Gasteiger partial charge on any atom is -0.377 e. The number of nitrogens with one attached hydrogen (secondary N) is 1. The first-order valence-electron chi connectivity index (χ1n) is 5.62. The van der Waals surface area contributed by atoms with Crippen molar-refractivity contribution >= 4 is 0 Å². The molecule has 5 heteroatoms. The van der Waals surface area contributed by atoms with Gasteiger partial charge in [-0.15, -0.1) is 0 Å². The van der Waals surface area contributed by atoms with Crippen LogP contribution in [0, 0.1) is 0 Å². The van der Waals surface area contributed by atoms with Gasteiger partial charge in [0.2, 0.25) is 0 Å². The molecule has 1 N–H and O–H groups in total. The molecule has 1 aromatic rings. The predicted octanol–water partition coefficient (Wildman–Crippen LogP) is 0.957. The van der Waals surface area contributed by atoms with E-state index in [-0.39, 0.29) is 12.2 Å². The molecule has 5 nitrogen and oxygen atoms in total. The second-order valence-electron chi connectivity index (χ2n) is 3.90. The van der Waals surface area contributed by atoms with E-state index in [9.17, 15) is 0 Å². The van der Waals surface area contributed by atoms with Crippen LogP contribution in [-0.4, -0.2) is 37.1 Å². The third-order valence-electron chi connectivity index (χ3n) is 2.93. The standard InChI is InChI=1S/C11H18N2O3/c1-3-15-10-6-9(11(10)14-2)12-7-8-4-5-13-16-8/h4-5,9-12H,3,6-7H2,1-2H3. The molecule has 2 rings (SSSR count). The van der Waals surface area contributed by atoms with Gasteiger partial charge in [-0.1, -0.05) is 5.16 Å². The SMILES string of the molecule is CCOC1CC(NCc2ccno2)C1OC. The van der Waals surface area contributed by atoms with Crippen molar-refractivity contribution in [2.75, 3.05) is 13.7 Å². The molecule has 3 unspecified atom stereocenters. The number of rotatable bonds is 6.